The third kappa shape index (κ3) is 2.75. The number of rotatable bonds is 3. The van der Waals surface area contributed by atoms with E-state index in [0.717, 1.165) is 18.5 Å². The van der Waals surface area contributed by atoms with Gasteiger partial charge in [-0.25, -0.2) is 9.18 Å². The summed E-state index contributed by atoms with van der Waals surface area (Å²) in [4.78, 5) is 17.4. The lowest BCUT2D eigenvalue weighted by molar-refractivity contribution is 0.0993. The number of halogens is 1. The number of H-pyrrole nitrogens is 1. The topological polar surface area (TPSA) is 41.0 Å². The zero-order valence-corrected chi connectivity index (χ0v) is 12.6. The van der Waals surface area contributed by atoms with Crippen LogP contribution in [0.15, 0.2) is 23.0 Å². The molecule has 1 aliphatic rings. The van der Waals surface area contributed by atoms with E-state index in [1.807, 2.05) is 0 Å². The number of aromatic nitrogens is 2. The molecular weight excluding hydrogens is 269 g/mol. The molecule has 1 aromatic carbocycles. The Kier molecular flexibility index (Phi) is 3.85. The summed E-state index contributed by atoms with van der Waals surface area (Å²) in [6, 6.07) is 5.33. The maximum Gasteiger partial charge on any atom is 0.326 e. The minimum atomic E-state index is -0.322. The van der Waals surface area contributed by atoms with E-state index in [1.165, 1.54) is 25.0 Å². The number of nitrogens with one attached hydrogen (secondary N) is 1. The third-order valence-corrected chi connectivity index (χ3v) is 4.47. The maximum atomic E-state index is 13.3. The molecule has 0 radical (unpaired) electrons. The smallest absolute Gasteiger partial charge is 0.305 e. The SMILES string of the molecule is CC(C)N1CCCCC1Cn1c(=O)[nH]c2cc(F)ccc21. The molecule has 1 fully saturated rings. The summed E-state index contributed by atoms with van der Waals surface area (Å²) in [5.74, 6) is -0.322. The fraction of sp³-hybridized carbons (Fsp3) is 0.562. The van der Waals surface area contributed by atoms with Gasteiger partial charge in [-0.1, -0.05) is 6.42 Å². The summed E-state index contributed by atoms with van der Waals surface area (Å²) in [6.07, 6.45) is 3.54. The fourth-order valence-electron chi connectivity index (χ4n) is 3.43. The van der Waals surface area contributed by atoms with Crippen LogP contribution >= 0.6 is 0 Å². The van der Waals surface area contributed by atoms with Gasteiger partial charge < -0.3 is 4.98 Å². The quantitative estimate of drug-likeness (QED) is 0.944. The molecule has 0 aliphatic carbocycles. The van der Waals surface area contributed by atoms with E-state index < -0.39 is 0 Å². The van der Waals surface area contributed by atoms with Crippen molar-refractivity contribution >= 4 is 11.0 Å². The second-order valence-corrected chi connectivity index (χ2v) is 6.18. The Morgan fingerprint density at radius 2 is 2.19 bits per heavy atom. The van der Waals surface area contributed by atoms with Crippen molar-refractivity contribution in [1.29, 1.82) is 0 Å². The Morgan fingerprint density at radius 1 is 1.38 bits per heavy atom. The number of likely N-dealkylation sites (tertiary alicyclic amines) is 1. The van der Waals surface area contributed by atoms with Crippen LogP contribution in [0.2, 0.25) is 0 Å². The Balaban J connectivity index is 1.93. The monoisotopic (exact) mass is 291 g/mol. The molecule has 0 saturated carbocycles. The van der Waals surface area contributed by atoms with E-state index >= 15 is 0 Å². The first-order valence-electron chi connectivity index (χ1n) is 7.70. The Morgan fingerprint density at radius 3 is 2.95 bits per heavy atom. The van der Waals surface area contributed by atoms with Crippen LogP contribution in [0, 0.1) is 5.82 Å². The lowest BCUT2D eigenvalue weighted by Crippen LogP contribution is -2.46. The van der Waals surface area contributed by atoms with Crippen molar-refractivity contribution in [2.24, 2.45) is 0 Å². The zero-order chi connectivity index (χ0) is 15.0. The number of piperidine rings is 1. The van der Waals surface area contributed by atoms with Crippen LogP contribution in [0.5, 0.6) is 0 Å². The van der Waals surface area contributed by atoms with Crippen molar-refractivity contribution in [3.63, 3.8) is 0 Å². The van der Waals surface area contributed by atoms with Gasteiger partial charge in [0.25, 0.3) is 0 Å². The van der Waals surface area contributed by atoms with Crippen molar-refractivity contribution in [2.75, 3.05) is 6.54 Å². The molecule has 5 heteroatoms. The summed E-state index contributed by atoms with van der Waals surface area (Å²) in [5.41, 5.74) is 1.22. The minimum Gasteiger partial charge on any atom is -0.305 e. The predicted molar refractivity (Wildman–Crippen MR) is 82.0 cm³/mol. The average Bonchev–Trinajstić information content (AvgIpc) is 2.74. The molecule has 1 aromatic heterocycles. The minimum absolute atomic E-state index is 0.148. The first kappa shape index (κ1) is 14.3. The van der Waals surface area contributed by atoms with Crippen LogP contribution in [0.3, 0.4) is 0 Å². The van der Waals surface area contributed by atoms with E-state index in [0.29, 0.717) is 24.1 Å². The van der Waals surface area contributed by atoms with Gasteiger partial charge in [0.1, 0.15) is 5.82 Å². The highest BCUT2D eigenvalue weighted by molar-refractivity contribution is 5.75. The number of fused-ring (bicyclic) bond motifs is 1. The molecule has 114 valence electrons. The lowest BCUT2D eigenvalue weighted by atomic mass is 10.0. The highest BCUT2D eigenvalue weighted by Crippen LogP contribution is 2.22. The summed E-state index contributed by atoms with van der Waals surface area (Å²) in [5, 5.41) is 0. The normalized spacial score (nSPS) is 20.5. The van der Waals surface area contributed by atoms with E-state index in [1.54, 1.807) is 10.6 Å². The van der Waals surface area contributed by atoms with Gasteiger partial charge in [-0.15, -0.1) is 0 Å². The van der Waals surface area contributed by atoms with Crippen molar-refractivity contribution in [3.8, 4) is 0 Å². The molecule has 2 heterocycles. The fourth-order valence-corrected chi connectivity index (χ4v) is 3.43. The second-order valence-electron chi connectivity index (χ2n) is 6.18. The molecule has 1 saturated heterocycles. The molecule has 1 N–H and O–H groups in total. The van der Waals surface area contributed by atoms with Crippen LogP contribution in [0.4, 0.5) is 4.39 Å². The lowest BCUT2D eigenvalue weighted by Gasteiger charge is -2.38. The van der Waals surface area contributed by atoms with Gasteiger partial charge in [0.2, 0.25) is 0 Å². The van der Waals surface area contributed by atoms with E-state index in [4.69, 9.17) is 0 Å². The van der Waals surface area contributed by atoms with Gasteiger partial charge in [-0.05, 0) is 51.4 Å². The third-order valence-electron chi connectivity index (χ3n) is 4.47. The molecule has 0 bridgehead atoms. The molecule has 1 aliphatic heterocycles. The van der Waals surface area contributed by atoms with Gasteiger partial charge in [-0.3, -0.25) is 9.47 Å². The molecule has 2 aromatic rings. The van der Waals surface area contributed by atoms with Gasteiger partial charge >= 0.3 is 5.69 Å². The number of aromatic amines is 1. The molecule has 21 heavy (non-hydrogen) atoms. The summed E-state index contributed by atoms with van der Waals surface area (Å²) >= 11 is 0. The number of hydrogen-bond donors (Lipinski definition) is 1. The Labute approximate surface area is 123 Å². The molecule has 1 atom stereocenters. The van der Waals surface area contributed by atoms with Gasteiger partial charge in [0.05, 0.1) is 11.0 Å². The predicted octanol–water partition coefficient (Wildman–Crippen LogP) is 2.73. The first-order valence-corrected chi connectivity index (χ1v) is 7.70. The molecule has 3 rings (SSSR count). The first-order chi connectivity index (χ1) is 10.1. The maximum absolute atomic E-state index is 13.3. The largest absolute Gasteiger partial charge is 0.326 e. The van der Waals surface area contributed by atoms with Crippen LogP contribution in [-0.2, 0) is 6.54 Å². The average molecular weight is 291 g/mol. The van der Waals surface area contributed by atoms with E-state index in [9.17, 15) is 9.18 Å². The highest BCUT2D eigenvalue weighted by atomic mass is 19.1. The van der Waals surface area contributed by atoms with Crippen molar-refractivity contribution in [1.82, 2.24) is 14.5 Å². The number of nitrogens with zero attached hydrogens (tertiary/aromatic N) is 2. The number of hydrogen-bond acceptors (Lipinski definition) is 2. The Hall–Kier alpha value is -1.62. The van der Waals surface area contributed by atoms with Gasteiger partial charge in [0.15, 0.2) is 0 Å². The summed E-state index contributed by atoms with van der Waals surface area (Å²) in [7, 11) is 0. The highest BCUT2D eigenvalue weighted by Gasteiger charge is 2.25. The standard InChI is InChI=1S/C16H22FN3O/c1-11(2)19-8-4-3-5-13(19)10-20-15-7-6-12(17)9-14(15)18-16(20)21/h6-7,9,11,13H,3-5,8,10H2,1-2H3,(H,18,21). The molecule has 0 amide bonds. The van der Waals surface area contributed by atoms with Crippen LogP contribution in [0.25, 0.3) is 11.0 Å². The molecular formula is C16H22FN3O. The van der Waals surface area contributed by atoms with Crippen molar-refractivity contribution < 1.29 is 4.39 Å². The number of imidazole rings is 1. The molecule has 1 unspecified atom stereocenters. The van der Waals surface area contributed by atoms with Gasteiger partial charge in [-0.2, -0.15) is 0 Å². The van der Waals surface area contributed by atoms with E-state index in [-0.39, 0.29) is 11.5 Å². The van der Waals surface area contributed by atoms with Crippen LogP contribution < -0.4 is 5.69 Å². The molecule has 0 spiro atoms. The van der Waals surface area contributed by atoms with Crippen molar-refractivity contribution in [2.45, 2.75) is 51.7 Å². The van der Waals surface area contributed by atoms with Crippen LogP contribution in [0.1, 0.15) is 33.1 Å². The van der Waals surface area contributed by atoms with Crippen LogP contribution in [-0.4, -0.2) is 33.1 Å². The number of benzene rings is 1. The van der Waals surface area contributed by atoms with Crippen molar-refractivity contribution in [3.05, 3.63) is 34.5 Å². The molecule has 4 nitrogen and oxygen atoms in total. The van der Waals surface area contributed by atoms with Gasteiger partial charge in [0, 0.05) is 18.6 Å². The summed E-state index contributed by atoms with van der Waals surface area (Å²) in [6.45, 7) is 6.16. The zero-order valence-electron chi connectivity index (χ0n) is 12.6. The second kappa shape index (κ2) is 5.64. The summed E-state index contributed by atoms with van der Waals surface area (Å²) < 4.78 is 15.0. The van der Waals surface area contributed by atoms with E-state index in [2.05, 4.69) is 23.7 Å². The Bertz CT molecular complexity index is 688.